The molecule has 0 spiro atoms. The molecule has 1 aliphatic rings. The van der Waals surface area contributed by atoms with Crippen LogP contribution in [0.5, 0.6) is 0 Å². The maximum Gasteiger partial charge on any atom is 0.249 e. The predicted octanol–water partition coefficient (Wildman–Crippen LogP) is 4.46. The van der Waals surface area contributed by atoms with E-state index in [9.17, 15) is 14.0 Å². The van der Waals surface area contributed by atoms with Gasteiger partial charge in [0.1, 0.15) is 24.5 Å². The highest BCUT2D eigenvalue weighted by Crippen LogP contribution is 2.40. The van der Waals surface area contributed by atoms with Crippen LogP contribution in [0.15, 0.2) is 61.2 Å². The number of nitrogens with zero attached hydrogens (tertiary/aromatic N) is 3. The summed E-state index contributed by atoms with van der Waals surface area (Å²) in [6, 6.07) is 12.8. The van der Waals surface area contributed by atoms with Gasteiger partial charge in [0, 0.05) is 11.4 Å². The molecule has 2 aromatic carbocycles. The molecule has 32 heavy (non-hydrogen) atoms. The SMILES string of the molecule is CC(C(=O)Nc1ccc(NC(=O)C2(c3cccc(F)c3)CCCCC2)cc1)n1cncn1. The van der Waals surface area contributed by atoms with Crippen LogP contribution in [-0.4, -0.2) is 26.6 Å². The largest absolute Gasteiger partial charge is 0.325 e. The Hall–Kier alpha value is -3.55. The third-order valence-electron chi connectivity index (χ3n) is 6.14. The number of anilines is 2. The monoisotopic (exact) mass is 435 g/mol. The second-order valence-electron chi connectivity index (χ2n) is 8.23. The van der Waals surface area contributed by atoms with Crippen molar-refractivity contribution in [2.45, 2.75) is 50.5 Å². The Morgan fingerprint density at radius 2 is 1.72 bits per heavy atom. The summed E-state index contributed by atoms with van der Waals surface area (Å²) >= 11 is 0. The summed E-state index contributed by atoms with van der Waals surface area (Å²) in [6.07, 6.45) is 7.18. The van der Waals surface area contributed by atoms with Crippen LogP contribution in [0.25, 0.3) is 0 Å². The van der Waals surface area contributed by atoms with Gasteiger partial charge < -0.3 is 10.6 Å². The lowest BCUT2D eigenvalue weighted by Gasteiger charge is -2.36. The zero-order chi connectivity index (χ0) is 22.6. The smallest absolute Gasteiger partial charge is 0.249 e. The number of rotatable bonds is 6. The van der Waals surface area contributed by atoms with Crippen molar-refractivity contribution in [3.63, 3.8) is 0 Å². The van der Waals surface area contributed by atoms with Crippen molar-refractivity contribution in [1.29, 1.82) is 0 Å². The second-order valence-corrected chi connectivity index (χ2v) is 8.23. The molecule has 2 amide bonds. The van der Waals surface area contributed by atoms with E-state index in [4.69, 9.17) is 0 Å². The average Bonchev–Trinajstić information content (AvgIpc) is 3.35. The first-order valence-electron chi connectivity index (χ1n) is 10.8. The highest BCUT2D eigenvalue weighted by molar-refractivity contribution is 5.99. The third kappa shape index (κ3) is 4.54. The molecule has 0 aliphatic heterocycles. The Morgan fingerprint density at radius 1 is 1.03 bits per heavy atom. The number of carbonyl (C=O) groups is 2. The van der Waals surface area contributed by atoms with Gasteiger partial charge in [0.15, 0.2) is 0 Å². The van der Waals surface area contributed by atoms with Gasteiger partial charge in [-0.15, -0.1) is 0 Å². The van der Waals surface area contributed by atoms with E-state index >= 15 is 0 Å². The molecule has 0 radical (unpaired) electrons. The van der Waals surface area contributed by atoms with Crippen molar-refractivity contribution in [2.75, 3.05) is 10.6 Å². The van der Waals surface area contributed by atoms with E-state index in [1.54, 1.807) is 37.3 Å². The molecule has 2 N–H and O–H groups in total. The maximum absolute atomic E-state index is 13.9. The van der Waals surface area contributed by atoms with Gasteiger partial charge in [-0.1, -0.05) is 31.4 Å². The average molecular weight is 436 g/mol. The normalized spacial score (nSPS) is 16.2. The fourth-order valence-corrected chi connectivity index (χ4v) is 4.26. The zero-order valence-electron chi connectivity index (χ0n) is 17.9. The highest BCUT2D eigenvalue weighted by atomic mass is 19.1. The summed E-state index contributed by atoms with van der Waals surface area (Å²) in [6.45, 7) is 1.73. The summed E-state index contributed by atoms with van der Waals surface area (Å²) < 4.78 is 15.4. The number of aromatic nitrogens is 3. The summed E-state index contributed by atoms with van der Waals surface area (Å²) in [4.78, 5) is 29.6. The van der Waals surface area contributed by atoms with Gasteiger partial charge in [0.2, 0.25) is 11.8 Å². The Balaban J connectivity index is 1.46. The maximum atomic E-state index is 13.9. The molecular formula is C24H26FN5O2. The standard InChI is InChI=1S/C24H26FN5O2/c1-17(30-16-26-15-27-30)22(31)28-20-8-10-21(11-9-20)29-23(32)24(12-3-2-4-13-24)18-6-5-7-19(25)14-18/h5-11,14-17H,2-4,12-13H2,1H3,(H,28,31)(H,29,32). The second kappa shape index (κ2) is 9.30. The van der Waals surface area contributed by atoms with E-state index in [1.165, 1.54) is 29.5 Å². The first-order valence-corrected chi connectivity index (χ1v) is 10.8. The van der Waals surface area contributed by atoms with Crippen molar-refractivity contribution in [3.8, 4) is 0 Å². The summed E-state index contributed by atoms with van der Waals surface area (Å²) in [5, 5.41) is 9.81. The van der Waals surface area contributed by atoms with E-state index < -0.39 is 11.5 Å². The zero-order valence-corrected chi connectivity index (χ0v) is 17.9. The first kappa shape index (κ1) is 21.7. The molecule has 1 unspecified atom stereocenters. The predicted molar refractivity (Wildman–Crippen MR) is 120 cm³/mol. The minimum atomic E-state index is -0.736. The number of hydrogen-bond donors (Lipinski definition) is 2. The molecule has 0 saturated heterocycles. The van der Waals surface area contributed by atoms with Crippen LogP contribution < -0.4 is 10.6 Å². The van der Waals surface area contributed by atoms with E-state index in [1.807, 2.05) is 6.07 Å². The topological polar surface area (TPSA) is 88.9 Å². The fourth-order valence-electron chi connectivity index (χ4n) is 4.26. The van der Waals surface area contributed by atoms with Crippen LogP contribution in [0.3, 0.4) is 0 Å². The van der Waals surface area contributed by atoms with E-state index in [2.05, 4.69) is 20.7 Å². The highest BCUT2D eigenvalue weighted by Gasteiger charge is 2.41. The van der Waals surface area contributed by atoms with Crippen LogP contribution in [0.2, 0.25) is 0 Å². The molecule has 1 saturated carbocycles. The van der Waals surface area contributed by atoms with Crippen LogP contribution in [0.4, 0.5) is 15.8 Å². The van der Waals surface area contributed by atoms with E-state index in [0.29, 0.717) is 24.2 Å². The Morgan fingerprint density at radius 3 is 2.34 bits per heavy atom. The van der Waals surface area contributed by atoms with Crippen molar-refractivity contribution < 1.29 is 14.0 Å². The number of nitrogens with one attached hydrogen (secondary N) is 2. The van der Waals surface area contributed by atoms with Crippen LogP contribution >= 0.6 is 0 Å². The molecule has 1 aliphatic carbocycles. The van der Waals surface area contributed by atoms with Gasteiger partial charge in [-0.3, -0.25) is 9.59 Å². The Kier molecular flexibility index (Phi) is 6.30. The van der Waals surface area contributed by atoms with Crippen molar-refractivity contribution >= 4 is 23.2 Å². The summed E-state index contributed by atoms with van der Waals surface area (Å²) in [5.41, 5.74) is 1.22. The molecule has 8 heteroatoms. The number of amides is 2. The van der Waals surface area contributed by atoms with Crippen LogP contribution in [-0.2, 0) is 15.0 Å². The van der Waals surface area contributed by atoms with Crippen molar-refractivity contribution in [3.05, 3.63) is 72.6 Å². The van der Waals surface area contributed by atoms with Gasteiger partial charge >= 0.3 is 0 Å². The minimum Gasteiger partial charge on any atom is -0.325 e. The molecule has 166 valence electrons. The van der Waals surface area contributed by atoms with Crippen LogP contribution in [0, 0.1) is 5.82 Å². The molecule has 3 aromatic rings. The molecule has 0 bridgehead atoms. The van der Waals surface area contributed by atoms with Gasteiger partial charge in [0.25, 0.3) is 0 Å². The lowest BCUT2D eigenvalue weighted by Crippen LogP contribution is -2.42. The van der Waals surface area contributed by atoms with Crippen LogP contribution in [0.1, 0.15) is 50.6 Å². The molecule has 7 nitrogen and oxygen atoms in total. The minimum absolute atomic E-state index is 0.126. The number of benzene rings is 2. The number of halogens is 1. The molecule has 1 heterocycles. The summed E-state index contributed by atoms with van der Waals surface area (Å²) in [7, 11) is 0. The number of hydrogen-bond acceptors (Lipinski definition) is 4. The first-order chi connectivity index (χ1) is 15.5. The van der Waals surface area contributed by atoms with Crippen molar-refractivity contribution in [1.82, 2.24) is 14.8 Å². The van der Waals surface area contributed by atoms with Gasteiger partial charge in [-0.25, -0.2) is 14.1 Å². The molecule has 1 atom stereocenters. The van der Waals surface area contributed by atoms with E-state index in [-0.39, 0.29) is 17.6 Å². The Bertz CT molecular complexity index is 1080. The molecular weight excluding hydrogens is 409 g/mol. The third-order valence-corrected chi connectivity index (χ3v) is 6.14. The van der Waals surface area contributed by atoms with Gasteiger partial charge in [0.05, 0.1) is 5.41 Å². The molecule has 4 rings (SSSR count). The lowest BCUT2D eigenvalue weighted by molar-refractivity contribution is -0.123. The fraction of sp³-hybridized carbons (Fsp3) is 0.333. The lowest BCUT2D eigenvalue weighted by atomic mass is 9.68. The number of carbonyl (C=O) groups excluding carboxylic acids is 2. The molecule has 1 aromatic heterocycles. The Labute approximate surface area is 186 Å². The van der Waals surface area contributed by atoms with E-state index in [0.717, 1.165) is 24.8 Å². The summed E-state index contributed by atoms with van der Waals surface area (Å²) in [5.74, 6) is -0.681. The quantitative estimate of drug-likeness (QED) is 0.598. The van der Waals surface area contributed by atoms with Gasteiger partial charge in [-0.05, 0) is 61.7 Å². The molecule has 1 fully saturated rings. The van der Waals surface area contributed by atoms with Crippen molar-refractivity contribution in [2.24, 2.45) is 0 Å². The van der Waals surface area contributed by atoms with Gasteiger partial charge in [-0.2, -0.15) is 5.10 Å².